The van der Waals surface area contributed by atoms with Gasteiger partial charge in [0.15, 0.2) is 0 Å². The van der Waals surface area contributed by atoms with Crippen LogP contribution >= 0.6 is 11.6 Å². The van der Waals surface area contributed by atoms with Crippen molar-refractivity contribution in [3.8, 4) is 0 Å². The highest BCUT2D eigenvalue weighted by Crippen LogP contribution is 2.25. The summed E-state index contributed by atoms with van der Waals surface area (Å²) < 4.78 is 13.5. The van der Waals surface area contributed by atoms with Gasteiger partial charge in [0, 0.05) is 6.54 Å². The van der Waals surface area contributed by atoms with Crippen LogP contribution in [0, 0.1) is 5.82 Å². The van der Waals surface area contributed by atoms with Crippen molar-refractivity contribution in [3.63, 3.8) is 0 Å². The maximum absolute atomic E-state index is 13.5. The Morgan fingerprint density at radius 2 is 2.11 bits per heavy atom. The Labute approximate surface area is 115 Å². The molecule has 0 bridgehead atoms. The van der Waals surface area contributed by atoms with Crippen LogP contribution < -0.4 is 16.0 Å². The number of imide groups is 1. The second kappa shape index (κ2) is 6.94. The molecule has 0 radical (unpaired) electrons. The summed E-state index contributed by atoms with van der Waals surface area (Å²) in [5, 5.41) is 7.33. The molecule has 5 nitrogen and oxygen atoms in total. The van der Waals surface area contributed by atoms with E-state index in [4.69, 9.17) is 11.6 Å². The molecule has 1 rings (SSSR count). The van der Waals surface area contributed by atoms with Crippen molar-refractivity contribution < 1.29 is 14.0 Å². The van der Waals surface area contributed by atoms with E-state index in [-0.39, 0.29) is 10.7 Å². The van der Waals surface area contributed by atoms with Crippen molar-refractivity contribution in [3.05, 3.63) is 29.0 Å². The average Bonchev–Trinajstić information content (AvgIpc) is 2.34. The first kappa shape index (κ1) is 15.2. The highest BCUT2D eigenvalue weighted by atomic mass is 35.5. The minimum atomic E-state index is -0.808. The van der Waals surface area contributed by atoms with E-state index in [1.807, 2.05) is 0 Å². The number of halogens is 2. The van der Waals surface area contributed by atoms with E-state index in [2.05, 4.69) is 16.0 Å². The number of carbonyl (C=O) groups excluding carboxylic acids is 2. The van der Waals surface area contributed by atoms with Gasteiger partial charge in [-0.1, -0.05) is 17.7 Å². The van der Waals surface area contributed by atoms with Crippen LogP contribution in [0.3, 0.4) is 0 Å². The molecule has 1 atom stereocenters. The third-order valence-electron chi connectivity index (χ3n) is 2.29. The minimum absolute atomic E-state index is 0.0303. The molecule has 0 saturated carbocycles. The molecule has 104 valence electrons. The molecule has 3 N–H and O–H groups in total. The Balaban J connectivity index is 2.66. The van der Waals surface area contributed by atoms with Gasteiger partial charge in [-0.05, 0) is 26.0 Å². The van der Waals surface area contributed by atoms with Gasteiger partial charge >= 0.3 is 6.03 Å². The van der Waals surface area contributed by atoms with Crippen molar-refractivity contribution in [1.82, 2.24) is 10.6 Å². The lowest BCUT2D eigenvalue weighted by Gasteiger charge is -2.16. The Hall–Kier alpha value is -1.82. The summed E-state index contributed by atoms with van der Waals surface area (Å²) in [4.78, 5) is 22.8. The average molecular weight is 288 g/mol. The molecule has 0 aliphatic rings. The van der Waals surface area contributed by atoms with Gasteiger partial charge < -0.3 is 10.6 Å². The van der Waals surface area contributed by atoms with E-state index in [1.165, 1.54) is 25.1 Å². The summed E-state index contributed by atoms with van der Waals surface area (Å²) in [7, 11) is 0. The summed E-state index contributed by atoms with van der Waals surface area (Å²) in [5.74, 6) is -1.14. The quantitative estimate of drug-likeness (QED) is 0.794. The third-order valence-corrected chi connectivity index (χ3v) is 2.61. The third kappa shape index (κ3) is 4.40. The zero-order valence-corrected chi connectivity index (χ0v) is 11.3. The zero-order valence-electron chi connectivity index (χ0n) is 10.6. The molecule has 3 amide bonds. The standard InChI is InChI=1S/C12H15ClFN3O2/c1-3-15-12(19)17-11(18)7(2)16-10-8(13)5-4-6-9(10)14/h4-7,16H,3H2,1-2H3,(H2,15,17,18,19). The molecule has 7 heteroatoms. The number of amides is 3. The first-order valence-electron chi connectivity index (χ1n) is 5.75. The number of rotatable bonds is 4. The number of benzene rings is 1. The molecular weight excluding hydrogens is 273 g/mol. The van der Waals surface area contributed by atoms with Crippen LogP contribution in [-0.2, 0) is 4.79 Å². The molecule has 1 aromatic carbocycles. The molecule has 0 spiro atoms. The minimum Gasteiger partial charge on any atom is -0.370 e. The fraction of sp³-hybridized carbons (Fsp3) is 0.333. The molecule has 0 saturated heterocycles. The second-order valence-corrected chi connectivity index (χ2v) is 4.22. The highest BCUT2D eigenvalue weighted by Gasteiger charge is 2.18. The number of para-hydroxylation sites is 1. The number of urea groups is 1. The molecule has 0 aromatic heterocycles. The van der Waals surface area contributed by atoms with E-state index in [9.17, 15) is 14.0 Å². The number of nitrogens with one attached hydrogen (secondary N) is 3. The molecule has 1 unspecified atom stereocenters. The SMILES string of the molecule is CCNC(=O)NC(=O)C(C)Nc1c(F)cccc1Cl. The Morgan fingerprint density at radius 3 is 2.68 bits per heavy atom. The second-order valence-electron chi connectivity index (χ2n) is 3.81. The van der Waals surface area contributed by atoms with Crippen LogP contribution in [-0.4, -0.2) is 24.5 Å². The topological polar surface area (TPSA) is 70.2 Å². The van der Waals surface area contributed by atoms with Crippen LogP contribution in [0.4, 0.5) is 14.9 Å². The Morgan fingerprint density at radius 1 is 1.42 bits per heavy atom. The molecular formula is C12H15ClFN3O2. The first-order chi connectivity index (χ1) is 8.95. The van der Waals surface area contributed by atoms with Crippen molar-refractivity contribution in [2.24, 2.45) is 0 Å². The number of hydrogen-bond acceptors (Lipinski definition) is 3. The number of carbonyl (C=O) groups is 2. The summed E-state index contributed by atoms with van der Waals surface area (Å²) in [6, 6.07) is 2.78. The van der Waals surface area contributed by atoms with E-state index in [1.54, 1.807) is 6.92 Å². The van der Waals surface area contributed by atoms with Gasteiger partial charge in [0.1, 0.15) is 11.9 Å². The molecule has 0 heterocycles. The molecule has 0 aliphatic heterocycles. The molecule has 0 fully saturated rings. The van der Waals surface area contributed by atoms with Gasteiger partial charge in [-0.15, -0.1) is 0 Å². The number of anilines is 1. The van der Waals surface area contributed by atoms with E-state index in [0.717, 1.165) is 0 Å². The maximum Gasteiger partial charge on any atom is 0.321 e. The van der Waals surface area contributed by atoms with Gasteiger partial charge in [0.2, 0.25) is 5.91 Å². The predicted molar refractivity (Wildman–Crippen MR) is 71.7 cm³/mol. The van der Waals surface area contributed by atoms with E-state index < -0.39 is 23.8 Å². The highest BCUT2D eigenvalue weighted by molar-refractivity contribution is 6.33. The van der Waals surface area contributed by atoms with Gasteiger partial charge in [-0.3, -0.25) is 10.1 Å². The van der Waals surface area contributed by atoms with Gasteiger partial charge in [0.25, 0.3) is 0 Å². The molecule has 1 aromatic rings. The summed E-state index contributed by atoms with van der Waals surface area (Å²) in [6.07, 6.45) is 0. The largest absolute Gasteiger partial charge is 0.370 e. The van der Waals surface area contributed by atoms with Crippen molar-refractivity contribution in [2.45, 2.75) is 19.9 Å². The van der Waals surface area contributed by atoms with Gasteiger partial charge in [-0.2, -0.15) is 0 Å². The zero-order chi connectivity index (χ0) is 14.4. The fourth-order valence-electron chi connectivity index (χ4n) is 1.34. The van der Waals surface area contributed by atoms with Crippen LogP contribution in [0.2, 0.25) is 5.02 Å². The van der Waals surface area contributed by atoms with Crippen molar-refractivity contribution in [1.29, 1.82) is 0 Å². The smallest absolute Gasteiger partial charge is 0.321 e. The number of hydrogen-bond donors (Lipinski definition) is 3. The normalized spacial score (nSPS) is 11.6. The summed E-state index contributed by atoms with van der Waals surface area (Å²) >= 11 is 5.82. The molecule has 0 aliphatic carbocycles. The van der Waals surface area contributed by atoms with Crippen LogP contribution in [0.5, 0.6) is 0 Å². The summed E-state index contributed by atoms with van der Waals surface area (Å²) in [6.45, 7) is 3.63. The molecule has 19 heavy (non-hydrogen) atoms. The van der Waals surface area contributed by atoms with Gasteiger partial charge in [0.05, 0.1) is 10.7 Å². The van der Waals surface area contributed by atoms with Crippen molar-refractivity contribution >= 4 is 29.2 Å². The summed E-state index contributed by atoms with van der Waals surface area (Å²) in [5.41, 5.74) is 0.0303. The monoisotopic (exact) mass is 287 g/mol. The van der Waals surface area contributed by atoms with Crippen molar-refractivity contribution in [2.75, 3.05) is 11.9 Å². The van der Waals surface area contributed by atoms with E-state index in [0.29, 0.717) is 6.54 Å². The first-order valence-corrected chi connectivity index (χ1v) is 6.12. The lowest BCUT2D eigenvalue weighted by molar-refractivity contribution is -0.120. The Kier molecular flexibility index (Phi) is 5.57. The Bertz CT molecular complexity index is 462. The lowest BCUT2D eigenvalue weighted by Crippen LogP contribution is -2.45. The van der Waals surface area contributed by atoms with E-state index >= 15 is 0 Å². The van der Waals surface area contributed by atoms with Crippen LogP contribution in [0.15, 0.2) is 18.2 Å². The van der Waals surface area contributed by atoms with Crippen LogP contribution in [0.25, 0.3) is 0 Å². The lowest BCUT2D eigenvalue weighted by atomic mass is 10.2. The maximum atomic E-state index is 13.5. The van der Waals surface area contributed by atoms with Crippen LogP contribution in [0.1, 0.15) is 13.8 Å². The predicted octanol–water partition coefficient (Wildman–Crippen LogP) is 2.13. The van der Waals surface area contributed by atoms with Gasteiger partial charge in [-0.25, -0.2) is 9.18 Å². The fourth-order valence-corrected chi connectivity index (χ4v) is 1.56.